The first-order valence-electron chi connectivity index (χ1n) is 5.80. The molecule has 1 aliphatic heterocycles. The average Bonchev–Trinajstić information content (AvgIpc) is 2.91. The number of carboxylic acid groups (broad SMARTS) is 1. The summed E-state index contributed by atoms with van der Waals surface area (Å²) in [6.45, 7) is 0. The maximum Gasteiger partial charge on any atom is 0.327 e. The Kier molecular flexibility index (Phi) is 4.53. The topological polar surface area (TPSA) is 81.4 Å². The molecule has 0 aliphatic carbocycles. The van der Waals surface area contributed by atoms with E-state index in [4.69, 9.17) is 16.9 Å². The number of carbonyl (C=O) groups is 2. The Morgan fingerprint density at radius 3 is 2.60 bits per heavy atom. The highest BCUT2D eigenvalue weighted by Gasteiger charge is 2.41. The fourth-order valence-corrected chi connectivity index (χ4v) is 3.63. The van der Waals surface area contributed by atoms with Crippen molar-refractivity contribution < 1.29 is 14.7 Å². The molecular formula is C13H11ClN2O3S. The van der Waals surface area contributed by atoms with Gasteiger partial charge in [0.15, 0.2) is 0 Å². The summed E-state index contributed by atoms with van der Waals surface area (Å²) in [5.74, 6) is -1.37. The highest BCUT2D eigenvalue weighted by atomic mass is 35.5. The Hall–Kier alpha value is -1.71. The van der Waals surface area contributed by atoms with Gasteiger partial charge in [-0.2, -0.15) is 5.26 Å². The molecule has 5 nitrogen and oxygen atoms in total. The number of halogens is 1. The van der Waals surface area contributed by atoms with Gasteiger partial charge in [0.25, 0.3) is 0 Å². The van der Waals surface area contributed by atoms with Crippen LogP contribution >= 0.6 is 23.4 Å². The standard InChI is InChI=1S/C13H11ClN2O3S/c14-5-11(17)16-10(13(18)19)7-20-12(16)9-3-1-8(6-15)2-4-9/h1-4,10,12H,5,7H2,(H,18,19)/t10-,12?/m0/s1. The molecule has 104 valence electrons. The summed E-state index contributed by atoms with van der Waals surface area (Å²) in [4.78, 5) is 24.4. The molecule has 1 aliphatic rings. The molecule has 1 unspecified atom stereocenters. The molecule has 1 saturated heterocycles. The molecule has 2 rings (SSSR count). The van der Waals surface area contributed by atoms with E-state index in [-0.39, 0.29) is 11.3 Å². The molecule has 1 aromatic rings. The van der Waals surface area contributed by atoms with E-state index in [1.54, 1.807) is 24.3 Å². The third-order valence-corrected chi connectivity index (χ3v) is 4.56. The lowest BCUT2D eigenvalue weighted by molar-refractivity contribution is -0.148. The summed E-state index contributed by atoms with van der Waals surface area (Å²) in [5.41, 5.74) is 1.30. The quantitative estimate of drug-likeness (QED) is 0.861. The van der Waals surface area contributed by atoms with Gasteiger partial charge in [0.2, 0.25) is 5.91 Å². The van der Waals surface area contributed by atoms with Crippen LogP contribution in [0.4, 0.5) is 0 Å². The van der Waals surface area contributed by atoms with Crippen LogP contribution in [0.1, 0.15) is 16.5 Å². The normalized spacial score (nSPS) is 21.5. The van der Waals surface area contributed by atoms with E-state index in [0.29, 0.717) is 11.3 Å². The van der Waals surface area contributed by atoms with Gasteiger partial charge in [0, 0.05) is 5.75 Å². The minimum Gasteiger partial charge on any atom is -0.480 e. The lowest BCUT2D eigenvalue weighted by atomic mass is 10.1. The van der Waals surface area contributed by atoms with E-state index >= 15 is 0 Å². The van der Waals surface area contributed by atoms with Gasteiger partial charge >= 0.3 is 5.97 Å². The number of aliphatic carboxylic acids is 1. The molecule has 0 aromatic heterocycles. The number of thioether (sulfide) groups is 1. The number of rotatable bonds is 3. The summed E-state index contributed by atoms with van der Waals surface area (Å²) >= 11 is 6.95. The summed E-state index contributed by atoms with van der Waals surface area (Å²) in [5, 5.41) is 17.6. The van der Waals surface area contributed by atoms with Crippen molar-refractivity contribution in [2.75, 3.05) is 11.6 Å². The molecule has 20 heavy (non-hydrogen) atoms. The smallest absolute Gasteiger partial charge is 0.327 e. The molecule has 0 radical (unpaired) electrons. The summed E-state index contributed by atoms with van der Waals surface area (Å²) < 4.78 is 0. The molecular weight excluding hydrogens is 300 g/mol. The number of amides is 1. The van der Waals surface area contributed by atoms with Crippen LogP contribution in [0.3, 0.4) is 0 Å². The Morgan fingerprint density at radius 2 is 2.10 bits per heavy atom. The molecule has 0 spiro atoms. The number of hydrogen-bond acceptors (Lipinski definition) is 4. The van der Waals surface area contributed by atoms with E-state index in [0.717, 1.165) is 5.56 Å². The Balaban J connectivity index is 2.31. The van der Waals surface area contributed by atoms with Crippen molar-refractivity contribution >= 4 is 35.2 Å². The number of benzene rings is 1. The van der Waals surface area contributed by atoms with Crippen LogP contribution in [0, 0.1) is 11.3 Å². The number of carboxylic acids is 1. The molecule has 1 heterocycles. The first-order chi connectivity index (χ1) is 9.58. The van der Waals surface area contributed by atoms with Crippen molar-refractivity contribution in [1.82, 2.24) is 4.90 Å². The second-order valence-electron chi connectivity index (χ2n) is 4.21. The van der Waals surface area contributed by atoms with Crippen LogP contribution in [0.2, 0.25) is 0 Å². The predicted molar refractivity (Wildman–Crippen MR) is 75.3 cm³/mol. The molecule has 1 fully saturated rings. The lowest BCUT2D eigenvalue weighted by Crippen LogP contribution is -2.43. The summed E-state index contributed by atoms with van der Waals surface area (Å²) in [6.07, 6.45) is 0. The van der Waals surface area contributed by atoms with Crippen LogP contribution < -0.4 is 0 Å². The number of hydrogen-bond donors (Lipinski definition) is 1. The minimum atomic E-state index is -1.04. The van der Waals surface area contributed by atoms with Gasteiger partial charge in [-0.05, 0) is 17.7 Å². The van der Waals surface area contributed by atoms with Gasteiger partial charge < -0.3 is 10.0 Å². The van der Waals surface area contributed by atoms with Crippen LogP contribution in [-0.4, -0.2) is 39.6 Å². The van der Waals surface area contributed by atoms with Crippen LogP contribution in [0.15, 0.2) is 24.3 Å². The fraction of sp³-hybridized carbons (Fsp3) is 0.308. The zero-order valence-corrected chi connectivity index (χ0v) is 11.9. The van der Waals surface area contributed by atoms with Crippen LogP contribution in [0.25, 0.3) is 0 Å². The van der Waals surface area contributed by atoms with E-state index in [9.17, 15) is 14.7 Å². The predicted octanol–water partition coefficient (Wildman–Crippen LogP) is 1.82. The Morgan fingerprint density at radius 1 is 1.45 bits per heavy atom. The molecule has 0 saturated carbocycles. The minimum absolute atomic E-state index is 0.253. The van der Waals surface area contributed by atoms with E-state index in [1.807, 2.05) is 6.07 Å². The van der Waals surface area contributed by atoms with Crippen LogP contribution in [-0.2, 0) is 9.59 Å². The van der Waals surface area contributed by atoms with Crippen molar-refractivity contribution in [2.45, 2.75) is 11.4 Å². The van der Waals surface area contributed by atoms with Gasteiger partial charge in [-0.25, -0.2) is 4.79 Å². The fourth-order valence-electron chi connectivity index (χ4n) is 2.05. The largest absolute Gasteiger partial charge is 0.480 e. The summed E-state index contributed by atoms with van der Waals surface area (Å²) in [6, 6.07) is 7.90. The molecule has 1 aromatic carbocycles. The van der Waals surface area contributed by atoms with Gasteiger partial charge in [-0.3, -0.25) is 4.79 Å². The summed E-state index contributed by atoms with van der Waals surface area (Å²) in [7, 11) is 0. The monoisotopic (exact) mass is 310 g/mol. The van der Waals surface area contributed by atoms with Crippen molar-refractivity contribution in [1.29, 1.82) is 5.26 Å². The second kappa shape index (κ2) is 6.16. The highest BCUT2D eigenvalue weighted by molar-refractivity contribution is 7.99. The zero-order chi connectivity index (χ0) is 14.7. The van der Waals surface area contributed by atoms with Gasteiger partial charge in [-0.15, -0.1) is 23.4 Å². The SMILES string of the molecule is N#Cc1ccc(C2SC[C@@H](C(=O)O)N2C(=O)CCl)cc1. The number of nitrogens with zero attached hydrogens (tertiary/aromatic N) is 2. The Labute approximate surface area is 125 Å². The second-order valence-corrected chi connectivity index (χ2v) is 5.59. The Bertz CT molecular complexity index is 570. The zero-order valence-electron chi connectivity index (χ0n) is 10.3. The van der Waals surface area contributed by atoms with E-state index in [1.165, 1.54) is 16.7 Å². The molecule has 7 heteroatoms. The maximum absolute atomic E-state index is 11.9. The third-order valence-electron chi connectivity index (χ3n) is 3.01. The van der Waals surface area contributed by atoms with Gasteiger partial charge in [0.05, 0.1) is 11.6 Å². The molecule has 2 atom stereocenters. The maximum atomic E-state index is 11.9. The van der Waals surface area contributed by atoms with E-state index in [2.05, 4.69) is 0 Å². The molecule has 1 N–H and O–H groups in total. The van der Waals surface area contributed by atoms with Crippen molar-refractivity contribution in [3.8, 4) is 6.07 Å². The first-order valence-corrected chi connectivity index (χ1v) is 7.38. The van der Waals surface area contributed by atoms with E-state index < -0.39 is 17.9 Å². The first kappa shape index (κ1) is 14.7. The van der Waals surface area contributed by atoms with Crippen molar-refractivity contribution in [3.05, 3.63) is 35.4 Å². The van der Waals surface area contributed by atoms with Crippen molar-refractivity contribution in [2.24, 2.45) is 0 Å². The van der Waals surface area contributed by atoms with Gasteiger partial charge in [0.1, 0.15) is 17.3 Å². The van der Waals surface area contributed by atoms with Crippen LogP contribution in [0.5, 0.6) is 0 Å². The highest BCUT2D eigenvalue weighted by Crippen LogP contribution is 2.41. The molecule has 0 bridgehead atoms. The lowest BCUT2D eigenvalue weighted by Gasteiger charge is -2.26. The average molecular weight is 311 g/mol. The third kappa shape index (κ3) is 2.74. The number of nitriles is 1. The van der Waals surface area contributed by atoms with Gasteiger partial charge in [-0.1, -0.05) is 12.1 Å². The number of carbonyl (C=O) groups excluding carboxylic acids is 1. The molecule has 1 amide bonds. The van der Waals surface area contributed by atoms with Crippen molar-refractivity contribution in [3.63, 3.8) is 0 Å². The number of alkyl halides is 1.